The zero-order valence-electron chi connectivity index (χ0n) is 19.1. The molecule has 33 heavy (non-hydrogen) atoms. The van der Waals surface area contributed by atoms with Crippen molar-refractivity contribution in [2.24, 2.45) is 4.99 Å². The van der Waals surface area contributed by atoms with Crippen molar-refractivity contribution in [1.29, 1.82) is 0 Å². The van der Waals surface area contributed by atoms with E-state index in [0.29, 0.717) is 32.8 Å². The standard InChI is InChI=1S/C25H32N4O3.HI/c1-26-25(29-15-13-28(14-16-29)24(30)23-12-7-17-31-23)27-18-20-8-5-6-9-21(20)19-32-22-10-3-2-4-11-22;/h2-6,8-11,23H,7,12-19H2,1H3,(H,26,27);1H. The van der Waals surface area contributed by atoms with Crippen LogP contribution in [0.5, 0.6) is 5.75 Å². The monoisotopic (exact) mass is 564 g/mol. The van der Waals surface area contributed by atoms with E-state index in [9.17, 15) is 4.79 Å². The number of aliphatic imine (C=N–C) groups is 1. The van der Waals surface area contributed by atoms with E-state index in [1.54, 1.807) is 7.05 Å². The average Bonchev–Trinajstić information content (AvgIpc) is 3.39. The predicted molar refractivity (Wildman–Crippen MR) is 140 cm³/mol. The van der Waals surface area contributed by atoms with Crippen molar-refractivity contribution in [3.63, 3.8) is 0 Å². The van der Waals surface area contributed by atoms with Crippen molar-refractivity contribution in [2.45, 2.75) is 32.1 Å². The molecule has 4 rings (SSSR count). The summed E-state index contributed by atoms with van der Waals surface area (Å²) in [5, 5.41) is 3.49. The molecule has 0 bridgehead atoms. The number of amides is 1. The Morgan fingerprint density at radius 1 is 1.03 bits per heavy atom. The molecular formula is C25H33IN4O3. The van der Waals surface area contributed by atoms with Crippen LogP contribution in [0.2, 0.25) is 0 Å². The maximum atomic E-state index is 12.6. The number of hydrogen-bond donors (Lipinski definition) is 1. The van der Waals surface area contributed by atoms with Crippen LogP contribution in [-0.2, 0) is 22.7 Å². The second-order valence-corrected chi connectivity index (χ2v) is 8.09. The lowest BCUT2D eigenvalue weighted by molar-refractivity contribution is -0.142. The van der Waals surface area contributed by atoms with E-state index in [2.05, 4.69) is 27.3 Å². The second-order valence-electron chi connectivity index (χ2n) is 8.09. The normalized spacial score (nSPS) is 18.6. The molecular weight excluding hydrogens is 531 g/mol. The second kappa shape index (κ2) is 12.8. The van der Waals surface area contributed by atoms with Gasteiger partial charge in [-0.15, -0.1) is 24.0 Å². The number of ether oxygens (including phenoxy) is 2. The molecule has 1 amide bonds. The van der Waals surface area contributed by atoms with Crippen molar-refractivity contribution in [3.8, 4) is 5.75 Å². The third-order valence-corrected chi connectivity index (χ3v) is 6.00. The smallest absolute Gasteiger partial charge is 0.251 e. The Morgan fingerprint density at radius 2 is 1.70 bits per heavy atom. The van der Waals surface area contributed by atoms with Crippen LogP contribution in [0, 0.1) is 0 Å². The number of nitrogens with zero attached hydrogens (tertiary/aromatic N) is 3. The molecule has 2 fully saturated rings. The molecule has 1 N–H and O–H groups in total. The molecule has 0 spiro atoms. The fourth-order valence-electron chi connectivity index (χ4n) is 4.17. The Kier molecular flexibility index (Phi) is 9.80. The van der Waals surface area contributed by atoms with Crippen molar-refractivity contribution >= 4 is 35.8 Å². The Hall–Kier alpha value is -2.33. The number of halogens is 1. The van der Waals surface area contributed by atoms with Gasteiger partial charge >= 0.3 is 0 Å². The van der Waals surface area contributed by atoms with Gasteiger partial charge in [-0.25, -0.2) is 0 Å². The Labute approximate surface area is 213 Å². The summed E-state index contributed by atoms with van der Waals surface area (Å²) in [6.07, 6.45) is 1.58. The van der Waals surface area contributed by atoms with Gasteiger partial charge in [0.05, 0.1) is 0 Å². The molecule has 2 aromatic carbocycles. The summed E-state index contributed by atoms with van der Waals surface area (Å²) in [6, 6.07) is 18.1. The van der Waals surface area contributed by atoms with E-state index in [-0.39, 0.29) is 36.0 Å². The molecule has 2 heterocycles. The highest BCUT2D eigenvalue weighted by Crippen LogP contribution is 2.17. The topological polar surface area (TPSA) is 66.4 Å². The molecule has 2 saturated heterocycles. The Morgan fingerprint density at radius 3 is 2.36 bits per heavy atom. The Bertz CT molecular complexity index is 911. The average molecular weight is 564 g/mol. The van der Waals surface area contributed by atoms with E-state index in [1.807, 2.05) is 47.4 Å². The molecule has 0 saturated carbocycles. The van der Waals surface area contributed by atoms with Crippen molar-refractivity contribution < 1.29 is 14.3 Å². The van der Waals surface area contributed by atoms with Crippen LogP contribution < -0.4 is 10.1 Å². The lowest BCUT2D eigenvalue weighted by atomic mass is 10.1. The summed E-state index contributed by atoms with van der Waals surface area (Å²) in [5.41, 5.74) is 2.32. The minimum Gasteiger partial charge on any atom is -0.489 e. The van der Waals surface area contributed by atoms with Crippen LogP contribution in [0.1, 0.15) is 24.0 Å². The third kappa shape index (κ3) is 6.83. The molecule has 0 radical (unpaired) electrons. The van der Waals surface area contributed by atoms with Gasteiger partial charge in [0.2, 0.25) is 0 Å². The molecule has 7 nitrogen and oxygen atoms in total. The van der Waals surface area contributed by atoms with E-state index in [1.165, 1.54) is 5.56 Å². The first kappa shape index (κ1) is 25.3. The lowest BCUT2D eigenvalue weighted by Crippen LogP contribution is -2.55. The number of carbonyl (C=O) groups excluding carboxylic acids is 1. The van der Waals surface area contributed by atoms with Crippen LogP contribution in [0.3, 0.4) is 0 Å². The molecule has 0 aromatic heterocycles. The summed E-state index contributed by atoms with van der Waals surface area (Å²) >= 11 is 0. The maximum Gasteiger partial charge on any atom is 0.251 e. The van der Waals surface area contributed by atoms with Crippen molar-refractivity contribution in [1.82, 2.24) is 15.1 Å². The van der Waals surface area contributed by atoms with E-state index in [0.717, 1.165) is 43.2 Å². The number of carbonyl (C=O) groups is 1. The first-order valence-electron chi connectivity index (χ1n) is 11.3. The van der Waals surface area contributed by atoms with Gasteiger partial charge in [0.15, 0.2) is 5.96 Å². The van der Waals surface area contributed by atoms with Crippen molar-refractivity contribution in [3.05, 3.63) is 65.7 Å². The van der Waals surface area contributed by atoms with Gasteiger partial charge in [0, 0.05) is 46.4 Å². The van der Waals surface area contributed by atoms with Crippen LogP contribution in [0.15, 0.2) is 59.6 Å². The van der Waals surface area contributed by atoms with Gasteiger partial charge in [0.1, 0.15) is 18.5 Å². The predicted octanol–water partition coefficient (Wildman–Crippen LogP) is 3.28. The Balaban J connectivity index is 0.00000306. The molecule has 2 aliphatic heterocycles. The fourth-order valence-corrected chi connectivity index (χ4v) is 4.17. The highest BCUT2D eigenvalue weighted by atomic mass is 127. The van der Waals surface area contributed by atoms with Gasteiger partial charge in [0.25, 0.3) is 5.91 Å². The van der Waals surface area contributed by atoms with Crippen molar-refractivity contribution in [2.75, 3.05) is 39.8 Å². The SMILES string of the molecule is CN=C(NCc1ccccc1COc1ccccc1)N1CCN(C(=O)C2CCCO2)CC1.I. The zero-order valence-corrected chi connectivity index (χ0v) is 21.4. The van der Waals surface area contributed by atoms with Gasteiger partial charge in [-0.3, -0.25) is 9.79 Å². The number of nitrogens with one attached hydrogen (secondary N) is 1. The minimum absolute atomic E-state index is 0. The maximum absolute atomic E-state index is 12.6. The lowest BCUT2D eigenvalue weighted by Gasteiger charge is -2.37. The highest BCUT2D eigenvalue weighted by molar-refractivity contribution is 14.0. The quantitative estimate of drug-likeness (QED) is 0.332. The van der Waals surface area contributed by atoms with Gasteiger partial charge in [-0.05, 0) is 36.1 Å². The van der Waals surface area contributed by atoms with Crippen LogP contribution in [0.4, 0.5) is 0 Å². The summed E-state index contributed by atoms with van der Waals surface area (Å²) in [6.45, 7) is 4.79. The van der Waals surface area contributed by atoms with Gasteiger partial charge in [-0.2, -0.15) is 0 Å². The van der Waals surface area contributed by atoms with E-state index >= 15 is 0 Å². The minimum atomic E-state index is -0.242. The molecule has 1 atom stereocenters. The fraction of sp³-hybridized carbons (Fsp3) is 0.440. The number of piperazine rings is 1. The number of para-hydroxylation sites is 1. The summed E-state index contributed by atoms with van der Waals surface area (Å²) in [5.74, 6) is 1.85. The van der Waals surface area contributed by atoms with Crippen LogP contribution in [0.25, 0.3) is 0 Å². The van der Waals surface area contributed by atoms with Crippen LogP contribution in [-0.4, -0.2) is 67.6 Å². The number of rotatable bonds is 6. The largest absolute Gasteiger partial charge is 0.489 e. The zero-order chi connectivity index (χ0) is 22.2. The van der Waals surface area contributed by atoms with Gasteiger partial charge < -0.3 is 24.6 Å². The molecule has 8 heteroatoms. The van der Waals surface area contributed by atoms with Crippen LogP contribution >= 0.6 is 24.0 Å². The number of hydrogen-bond acceptors (Lipinski definition) is 4. The molecule has 2 aromatic rings. The van der Waals surface area contributed by atoms with E-state index in [4.69, 9.17) is 9.47 Å². The van der Waals surface area contributed by atoms with E-state index < -0.39 is 0 Å². The summed E-state index contributed by atoms with van der Waals surface area (Å²) in [4.78, 5) is 21.2. The first-order valence-corrected chi connectivity index (χ1v) is 11.3. The summed E-state index contributed by atoms with van der Waals surface area (Å²) < 4.78 is 11.5. The molecule has 2 aliphatic rings. The molecule has 178 valence electrons. The molecule has 0 aliphatic carbocycles. The number of benzene rings is 2. The highest BCUT2D eigenvalue weighted by Gasteiger charge is 2.30. The summed E-state index contributed by atoms with van der Waals surface area (Å²) in [7, 11) is 1.80. The first-order chi connectivity index (χ1) is 15.7. The van der Waals surface area contributed by atoms with Gasteiger partial charge in [-0.1, -0.05) is 42.5 Å². The molecule has 1 unspecified atom stereocenters. The number of guanidine groups is 1. The third-order valence-electron chi connectivity index (χ3n) is 6.00.